The second kappa shape index (κ2) is 8.04. The van der Waals surface area contributed by atoms with Crippen molar-refractivity contribution < 1.29 is 9.53 Å². The van der Waals surface area contributed by atoms with Gasteiger partial charge in [-0.05, 0) is 46.3 Å². The second-order valence-corrected chi connectivity index (χ2v) is 6.24. The second-order valence-electron chi connectivity index (χ2n) is 4.95. The molecule has 4 nitrogen and oxygen atoms in total. The van der Waals surface area contributed by atoms with E-state index in [1.165, 1.54) is 0 Å². The Labute approximate surface area is 148 Å². The van der Waals surface area contributed by atoms with Crippen LogP contribution in [0.25, 0.3) is 0 Å². The van der Waals surface area contributed by atoms with Gasteiger partial charge in [-0.2, -0.15) is 0 Å². The minimum absolute atomic E-state index is 0.174. The first kappa shape index (κ1) is 17.4. The van der Waals surface area contributed by atoms with Crippen LogP contribution in [0.4, 0.5) is 5.69 Å². The molecular formula is C17H16BrClN2O2. The first-order chi connectivity index (χ1) is 11.0. The van der Waals surface area contributed by atoms with Gasteiger partial charge < -0.3 is 15.0 Å². The number of rotatable bonds is 5. The van der Waals surface area contributed by atoms with Crippen molar-refractivity contribution in [1.82, 2.24) is 4.90 Å². The fraction of sp³-hybridized carbons (Fsp3) is 0.118. The van der Waals surface area contributed by atoms with Gasteiger partial charge in [0.1, 0.15) is 5.75 Å². The van der Waals surface area contributed by atoms with Crippen LogP contribution < -0.4 is 10.1 Å². The van der Waals surface area contributed by atoms with E-state index in [2.05, 4.69) is 21.2 Å². The maximum absolute atomic E-state index is 12.5. The molecule has 0 aliphatic heterocycles. The zero-order valence-corrected chi connectivity index (χ0v) is 15.1. The molecule has 6 heteroatoms. The topological polar surface area (TPSA) is 41.6 Å². The summed E-state index contributed by atoms with van der Waals surface area (Å²) in [6.45, 7) is 0. The van der Waals surface area contributed by atoms with Crippen LogP contribution in [0.15, 0.2) is 65.0 Å². The lowest BCUT2D eigenvalue weighted by atomic mass is 10.3. The Morgan fingerprint density at radius 2 is 1.91 bits per heavy atom. The van der Waals surface area contributed by atoms with Gasteiger partial charge >= 0.3 is 0 Å². The Bertz CT molecular complexity index is 718. The molecule has 0 atom stereocenters. The highest BCUT2D eigenvalue weighted by atomic mass is 79.9. The molecule has 0 fully saturated rings. The Morgan fingerprint density at radius 1 is 1.22 bits per heavy atom. The van der Waals surface area contributed by atoms with Gasteiger partial charge in [-0.3, -0.25) is 4.79 Å². The first-order valence-corrected chi connectivity index (χ1v) is 8.00. The van der Waals surface area contributed by atoms with E-state index in [0.717, 1.165) is 4.47 Å². The van der Waals surface area contributed by atoms with Crippen LogP contribution in [0.3, 0.4) is 0 Å². The molecule has 1 N–H and O–H groups in total. The van der Waals surface area contributed by atoms with Crippen LogP contribution in [0.1, 0.15) is 0 Å². The zero-order chi connectivity index (χ0) is 16.8. The van der Waals surface area contributed by atoms with Crippen LogP contribution >= 0.6 is 27.5 Å². The molecule has 0 aliphatic carbocycles. The number of benzene rings is 2. The van der Waals surface area contributed by atoms with Crippen molar-refractivity contribution in [3.05, 3.63) is 70.0 Å². The third-order valence-corrected chi connectivity index (χ3v) is 3.67. The lowest BCUT2D eigenvalue weighted by Crippen LogP contribution is -2.21. The molecule has 0 spiro atoms. The molecule has 2 aromatic carbocycles. The maximum atomic E-state index is 12.5. The van der Waals surface area contributed by atoms with Crippen molar-refractivity contribution in [2.45, 2.75) is 0 Å². The number of hydrogen-bond acceptors (Lipinski definition) is 3. The smallest absolute Gasteiger partial charge is 0.292 e. The van der Waals surface area contributed by atoms with E-state index >= 15 is 0 Å². The lowest BCUT2D eigenvalue weighted by Gasteiger charge is -2.14. The number of carbonyl (C=O) groups excluding carboxylic acids is 1. The fourth-order valence-electron chi connectivity index (χ4n) is 1.76. The molecule has 0 unspecified atom stereocenters. The molecule has 1 amide bonds. The van der Waals surface area contributed by atoms with Crippen LogP contribution in [0.5, 0.6) is 5.75 Å². The molecule has 0 heterocycles. The van der Waals surface area contributed by atoms with Gasteiger partial charge in [0.15, 0.2) is 0 Å². The van der Waals surface area contributed by atoms with Gasteiger partial charge in [-0.25, -0.2) is 0 Å². The number of ether oxygens (including phenoxy) is 1. The highest BCUT2D eigenvalue weighted by Crippen LogP contribution is 2.26. The van der Waals surface area contributed by atoms with Crippen LogP contribution in [-0.4, -0.2) is 24.9 Å². The monoisotopic (exact) mass is 394 g/mol. The van der Waals surface area contributed by atoms with E-state index in [4.69, 9.17) is 16.3 Å². The number of anilines is 1. The summed E-state index contributed by atoms with van der Waals surface area (Å²) in [6.07, 6.45) is 1.61. The average molecular weight is 396 g/mol. The summed E-state index contributed by atoms with van der Waals surface area (Å²) in [6, 6.07) is 14.3. The Hall–Kier alpha value is -1.98. The van der Waals surface area contributed by atoms with Gasteiger partial charge in [0.25, 0.3) is 5.91 Å². The predicted molar refractivity (Wildman–Crippen MR) is 96.6 cm³/mol. The van der Waals surface area contributed by atoms with Crippen molar-refractivity contribution in [1.29, 1.82) is 0 Å². The molecule has 120 valence electrons. The highest BCUT2D eigenvalue weighted by Gasteiger charge is 2.15. The van der Waals surface area contributed by atoms with Gasteiger partial charge in [0.05, 0.1) is 5.69 Å². The Morgan fingerprint density at radius 3 is 2.57 bits per heavy atom. The number of halogens is 2. The van der Waals surface area contributed by atoms with Crippen molar-refractivity contribution in [2.24, 2.45) is 0 Å². The van der Waals surface area contributed by atoms with Crippen LogP contribution in [-0.2, 0) is 4.79 Å². The van der Waals surface area contributed by atoms with Crippen molar-refractivity contribution >= 4 is 39.1 Å². The van der Waals surface area contributed by atoms with E-state index in [-0.39, 0.29) is 11.7 Å². The van der Waals surface area contributed by atoms with Crippen LogP contribution in [0, 0.1) is 0 Å². The van der Waals surface area contributed by atoms with Crippen LogP contribution in [0.2, 0.25) is 5.02 Å². The third kappa shape index (κ3) is 5.30. The normalized spacial score (nSPS) is 11.0. The average Bonchev–Trinajstić information content (AvgIpc) is 2.51. The molecule has 23 heavy (non-hydrogen) atoms. The summed E-state index contributed by atoms with van der Waals surface area (Å²) in [4.78, 5) is 14.3. The number of carbonyl (C=O) groups is 1. The predicted octanol–water partition coefficient (Wildman–Crippen LogP) is 4.52. The Balaban J connectivity index is 2.22. The fourth-order valence-corrected chi connectivity index (χ4v) is 2.28. The number of nitrogens with zero attached hydrogens (tertiary/aromatic N) is 1. The van der Waals surface area contributed by atoms with E-state index in [0.29, 0.717) is 16.5 Å². The van der Waals surface area contributed by atoms with Gasteiger partial charge in [0.2, 0.25) is 5.76 Å². The van der Waals surface area contributed by atoms with Gasteiger partial charge in [0, 0.05) is 29.8 Å². The van der Waals surface area contributed by atoms with Gasteiger partial charge in [-0.1, -0.05) is 29.8 Å². The summed E-state index contributed by atoms with van der Waals surface area (Å²) >= 11 is 9.35. The molecule has 0 saturated carbocycles. The minimum atomic E-state index is -0.370. The van der Waals surface area contributed by atoms with Crippen molar-refractivity contribution in [2.75, 3.05) is 19.4 Å². The van der Waals surface area contributed by atoms with E-state index in [1.54, 1.807) is 41.4 Å². The summed E-state index contributed by atoms with van der Waals surface area (Å²) in [7, 11) is 3.63. The summed E-state index contributed by atoms with van der Waals surface area (Å²) in [5.74, 6) is 0.388. The van der Waals surface area contributed by atoms with Crippen molar-refractivity contribution in [3.8, 4) is 5.75 Å². The summed E-state index contributed by atoms with van der Waals surface area (Å²) in [5.41, 5.74) is 0.573. The molecular weight excluding hydrogens is 380 g/mol. The molecule has 0 bridgehead atoms. The van der Waals surface area contributed by atoms with E-state index < -0.39 is 0 Å². The molecule has 2 rings (SSSR count). The standard InChI is InChI=1S/C17H16BrClN2O2/c1-21(2)11-16(23-13-6-4-3-5-7-13)17(22)20-15-10-12(19)8-9-14(15)18/h3-11H,1-2H3,(H,20,22)/b16-11-. The van der Waals surface area contributed by atoms with E-state index in [1.807, 2.05) is 32.3 Å². The van der Waals surface area contributed by atoms with Crippen molar-refractivity contribution in [3.63, 3.8) is 0 Å². The number of amides is 1. The largest absolute Gasteiger partial charge is 0.450 e. The quantitative estimate of drug-likeness (QED) is 0.598. The number of para-hydroxylation sites is 1. The van der Waals surface area contributed by atoms with Gasteiger partial charge in [-0.15, -0.1) is 0 Å². The first-order valence-electron chi connectivity index (χ1n) is 6.83. The molecule has 0 saturated heterocycles. The summed E-state index contributed by atoms with van der Waals surface area (Å²) in [5, 5.41) is 3.32. The SMILES string of the molecule is CN(C)/C=C(\Oc1ccccc1)C(=O)Nc1cc(Cl)ccc1Br. The van der Waals surface area contributed by atoms with E-state index in [9.17, 15) is 4.79 Å². The highest BCUT2D eigenvalue weighted by molar-refractivity contribution is 9.10. The molecule has 0 aliphatic rings. The number of hydrogen-bond donors (Lipinski definition) is 1. The number of nitrogens with one attached hydrogen (secondary N) is 1. The molecule has 2 aromatic rings. The third-order valence-electron chi connectivity index (χ3n) is 2.75. The zero-order valence-electron chi connectivity index (χ0n) is 12.7. The maximum Gasteiger partial charge on any atom is 0.292 e. The molecule has 0 radical (unpaired) electrons. The minimum Gasteiger partial charge on any atom is -0.450 e. The molecule has 0 aromatic heterocycles. The Kier molecular flexibility index (Phi) is 6.07. The lowest BCUT2D eigenvalue weighted by molar-refractivity contribution is -0.114. The summed E-state index contributed by atoms with van der Waals surface area (Å²) < 4.78 is 6.42.